The molecule has 4 nitrogen and oxygen atoms in total. The Bertz CT molecular complexity index is 946. The van der Waals surface area contributed by atoms with Gasteiger partial charge in [0.2, 0.25) is 0 Å². The second kappa shape index (κ2) is 4.45. The zero-order valence-electron chi connectivity index (χ0n) is 12.1. The molecular weight excluding hydrogens is 260 g/mol. The van der Waals surface area contributed by atoms with E-state index in [1.165, 1.54) is 11.1 Å². The van der Waals surface area contributed by atoms with Crippen LogP contribution in [0.15, 0.2) is 42.7 Å². The number of aromatic nitrogens is 4. The van der Waals surface area contributed by atoms with E-state index >= 15 is 0 Å². The lowest BCUT2D eigenvalue weighted by molar-refractivity contribution is 0.945. The number of imidazole rings is 2. The molecule has 2 aromatic heterocycles. The summed E-state index contributed by atoms with van der Waals surface area (Å²) in [6, 6.07) is 12.7. The van der Waals surface area contributed by atoms with Crippen LogP contribution in [0.4, 0.5) is 0 Å². The fourth-order valence-corrected chi connectivity index (χ4v) is 2.74. The van der Waals surface area contributed by atoms with Crippen LogP contribution in [-0.2, 0) is 13.5 Å². The van der Waals surface area contributed by atoms with E-state index in [1.807, 2.05) is 17.9 Å². The van der Waals surface area contributed by atoms with E-state index in [9.17, 15) is 0 Å². The quantitative estimate of drug-likeness (QED) is 0.610. The monoisotopic (exact) mass is 276 g/mol. The number of hydrogen-bond acceptors (Lipinski definition) is 2. The lowest BCUT2D eigenvalue weighted by Gasteiger charge is -2.00. The van der Waals surface area contributed by atoms with Crippen LogP contribution in [0, 0.1) is 6.92 Å². The molecule has 0 radical (unpaired) electrons. The van der Waals surface area contributed by atoms with Gasteiger partial charge in [-0.25, -0.2) is 9.97 Å². The molecule has 4 rings (SSSR count). The molecule has 2 heterocycles. The number of benzene rings is 2. The standard InChI is InChI=1S/C17H16N4/c1-11-3-5-13-15(7-11)20-17(19-13)9-12-4-6-14-16(8-12)21(2)10-18-14/h3-8,10H,9H2,1-2H3,(H,19,20). The van der Waals surface area contributed by atoms with Crippen LogP contribution in [0.5, 0.6) is 0 Å². The maximum atomic E-state index is 4.66. The van der Waals surface area contributed by atoms with Gasteiger partial charge in [-0.15, -0.1) is 0 Å². The Balaban J connectivity index is 1.73. The third-order valence-corrected chi connectivity index (χ3v) is 3.85. The van der Waals surface area contributed by atoms with Crippen molar-refractivity contribution in [1.82, 2.24) is 19.5 Å². The van der Waals surface area contributed by atoms with E-state index in [0.717, 1.165) is 34.3 Å². The summed E-state index contributed by atoms with van der Waals surface area (Å²) in [6.07, 6.45) is 2.65. The molecule has 4 aromatic rings. The van der Waals surface area contributed by atoms with Crippen molar-refractivity contribution < 1.29 is 0 Å². The van der Waals surface area contributed by atoms with Crippen molar-refractivity contribution in [3.63, 3.8) is 0 Å². The van der Waals surface area contributed by atoms with E-state index in [4.69, 9.17) is 0 Å². The second-order valence-corrected chi connectivity index (χ2v) is 5.56. The summed E-state index contributed by atoms with van der Waals surface area (Å²) in [5, 5.41) is 0. The smallest absolute Gasteiger partial charge is 0.111 e. The number of H-pyrrole nitrogens is 1. The van der Waals surface area contributed by atoms with E-state index in [0.29, 0.717) is 0 Å². The first kappa shape index (κ1) is 12.1. The van der Waals surface area contributed by atoms with E-state index in [2.05, 4.69) is 58.3 Å². The molecule has 0 bridgehead atoms. The predicted molar refractivity (Wildman–Crippen MR) is 84.4 cm³/mol. The van der Waals surface area contributed by atoms with Crippen LogP contribution in [0.1, 0.15) is 17.0 Å². The molecule has 4 heteroatoms. The Morgan fingerprint density at radius 3 is 2.86 bits per heavy atom. The van der Waals surface area contributed by atoms with Crippen molar-refractivity contribution in [3.05, 3.63) is 59.7 Å². The summed E-state index contributed by atoms with van der Waals surface area (Å²) in [5.41, 5.74) is 6.79. The molecule has 0 aliphatic carbocycles. The SMILES string of the molecule is Cc1ccc2nc(Cc3ccc4ncn(C)c4c3)[nH]c2c1. The van der Waals surface area contributed by atoms with Gasteiger partial charge in [0, 0.05) is 13.5 Å². The van der Waals surface area contributed by atoms with Gasteiger partial charge in [-0.05, 0) is 42.3 Å². The molecule has 0 fully saturated rings. The van der Waals surface area contributed by atoms with Crippen LogP contribution in [0.2, 0.25) is 0 Å². The van der Waals surface area contributed by atoms with Crippen molar-refractivity contribution in [1.29, 1.82) is 0 Å². The zero-order chi connectivity index (χ0) is 14.4. The lowest BCUT2D eigenvalue weighted by atomic mass is 10.1. The van der Waals surface area contributed by atoms with Crippen LogP contribution in [0.3, 0.4) is 0 Å². The molecule has 0 saturated heterocycles. The second-order valence-electron chi connectivity index (χ2n) is 5.56. The fraction of sp³-hybridized carbons (Fsp3) is 0.176. The van der Waals surface area contributed by atoms with Crippen molar-refractivity contribution in [2.24, 2.45) is 7.05 Å². The molecule has 0 unspecified atom stereocenters. The Hall–Kier alpha value is -2.62. The summed E-state index contributed by atoms with van der Waals surface area (Å²) in [4.78, 5) is 12.4. The van der Waals surface area contributed by atoms with Gasteiger partial charge in [-0.3, -0.25) is 0 Å². The van der Waals surface area contributed by atoms with Gasteiger partial charge in [0.25, 0.3) is 0 Å². The summed E-state index contributed by atoms with van der Waals surface area (Å²) >= 11 is 0. The Morgan fingerprint density at radius 1 is 1.10 bits per heavy atom. The van der Waals surface area contributed by atoms with Gasteiger partial charge in [0.1, 0.15) is 5.82 Å². The molecule has 2 aromatic carbocycles. The Labute approximate surface area is 122 Å². The van der Waals surface area contributed by atoms with Crippen LogP contribution < -0.4 is 0 Å². The number of nitrogens with zero attached hydrogens (tertiary/aromatic N) is 3. The maximum Gasteiger partial charge on any atom is 0.111 e. The lowest BCUT2D eigenvalue weighted by Crippen LogP contribution is -1.92. The number of rotatable bonds is 2. The van der Waals surface area contributed by atoms with Crippen molar-refractivity contribution in [2.45, 2.75) is 13.3 Å². The van der Waals surface area contributed by atoms with Gasteiger partial charge in [-0.2, -0.15) is 0 Å². The number of hydrogen-bond donors (Lipinski definition) is 1. The number of aryl methyl sites for hydroxylation is 2. The molecule has 1 N–H and O–H groups in total. The molecule has 0 amide bonds. The third-order valence-electron chi connectivity index (χ3n) is 3.85. The summed E-state index contributed by atoms with van der Waals surface area (Å²) in [5.74, 6) is 0.997. The van der Waals surface area contributed by atoms with Gasteiger partial charge >= 0.3 is 0 Å². The van der Waals surface area contributed by atoms with Crippen molar-refractivity contribution in [3.8, 4) is 0 Å². The normalized spacial score (nSPS) is 11.5. The van der Waals surface area contributed by atoms with Gasteiger partial charge < -0.3 is 9.55 Å². The molecule has 0 spiro atoms. The summed E-state index contributed by atoms with van der Waals surface area (Å²) < 4.78 is 2.04. The first-order chi connectivity index (χ1) is 10.2. The summed E-state index contributed by atoms with van der Waals surface area (Å²) in [7, 11) is 2.02. The minimum atomic E-state index is 0.800. The topological polar surface area (TPSA) is 46.5 Å². The summed E-state index contributed by atoms with van der Waals surface area (Å²) in [6.45, 7) is 2.09. The van der Waals surface area contributed by atoms with E-state index in [-0.39, 0.29) is 0 Å². The van der Waals surface area contributed by atoms with E-state index < -0.39 is 0 Å². The molecule has 104 valence electrons. The molecule has 0 aliphatic heterocycles. The average molecular weight is 276 g/mol. The molecule has 0 aliphatic rings. The fourth-order valence-electron chi connectivity index (χ4n) is 2.74. The first-order valence-electron chi connectivity index (χ1n) is 7.04. The molecule has 0 saturated carbocycles. The van der Waals surface area contributed by atoms with E-state index in [1.54, 1.807) is 0 Å². The molecular formula is C17H16N4. The number of fused-ring (bicyclic) bond motifs is 2. The van der Waals surface area contributed by atoms with Crippen molar-refractivity contribution >= 4 is 22.1 Å². The van der Waals surface area contributed by atoms with Crippen molar-refractivity contribution in [2.75, 3.05) is 0 Å². The Kier molecular flexibility index (Phi) is 2.57. The minimum absolute atomic E-state index is 0.800. The van der Waals surface area contributed by atoms with Crippen LogP contribution in [-0.4, -0.2) is 19.5 Å². The van der Waals surface area contributed by atoms with Gasteiger partial charge in [0.15, 0.2) is 0 Å². The zero-order valence-corrected chi connectivity index (χ0v) is 12.1. The van der Waals surface area contributed by atoms with Crippen LogP contribution >= 0.6 is 0 Å². The number of aromatic amines is 1. The molecule has 0 atom stereocenters. The van der Waals surface area contributed by atoms with Gasteiger partial charge in [0.05, 0.1) is 28.4 Å². The molecule has 21 heavy (non-hydrogen) atoms. The highest BCUT2D eigenvalue weighted by Gasteiger charge is 2.06. The first-order valence-corrected chi connectivity index (χ1v) is 7.04. The average Bonchev–Trinajstić information content (AvgIpc) is 3.02. The minimum Gasteiger partial charge on any atom is -0.342 e. The Morgan fingerprint density at radius 2 is 1.95 bits per heavy atom. The maximum absolute atomic E-state index is 4.66. The highest BCUT2D eigenvalue weighted by molar-refractivity contribution is 5.77. The predicted octanol–water partition coefficient (Wildman–Crippen LogP) is 3.35. The highest BCUT2D eigenvalue weighted by atomic mass is 15.0. The van der Waals surface area contributed by atoms with Crippen LogP contribution in [0.25, 0.3) is 22.1 Å². The largest absolute Gasteiger partial charge is 0.342 e. The number of nitrogens with one attached hydrogen (secondary N) is 1. The third kappa shape index (κ3) is 2.09. The highest BCUT2D eigenvalue weighted by Crippen LogP contribution is 2.18. The van der Waals surface area contributed by atoms with Gasteiger partial charge in [-0.1, -0.05) is 12.1 Å².